The fraction of sp³-hybridized carbons (Fsp3) is 0.0769. The lowest BCUT2D eigenvalue weighted by Crippen LogP contribution is -2.07. The van der Waals surface area contributed by atoms with Crippen LogP contribution in [0.1, 0.15) is 11.3 Å². The molecule has 0 fully saturated rings. The molecule has 0 amide bonds. The number of rotatable bonds is 9. The van der Waals surface area contributed by atoms with Gasteiger partial charge in [0.1, 0.15) is 17.2 Å². The van der Waals surface area contributed by atoms with E-state index in [2.05, 4.69) is 36.5 Å². The van der Waals surface area contributed by atoms with Crippen LogP contribution >= 0.6 is 15.9 Å². The average Bonchev–Trinajstić information content (AvgIpc) is 2.89. The Labute approximate surface area is 216 Å². The summed E-state index contributed by atoms with van der Waals surface area (Å²) in [5, 5.41) is 18.3. The van der Waals surface area contributed by atoms with Crippen molar-refractivity contribution in [3.8, 4) is 11.5 Å². The Hall–Kier alpha value is -4.44. The summed E-state index contributed by atoms with van der Waals surface area (Å²) in [6.07, 6.45) is 3.36. The number of benzene rings is 3. The van der Waals surface area contributed by atoms with Crippen molar-refractivity contribution in [2.45, 2.75) is 0 Å². The highest BCUT2D eigenvalue weighted by Crippen LogP contribution is 2.32. The molecule has 0 aliphatic carbocycles. The molecule has 0 aliphatic rings. The van der Waals surface area contributed by atoms with Crippen molar-refractivity contribution in [2.75, 3.05) is 24.9 Å². The average molecular weight is 548 g/mol. The molecule has 10 heteroatoms. The van der Waals surface area contributed by atoms with Gasteiger partial charge in [0.05, 0.1) is 19.1 Å². The number of nitrogens with one attached hydrogen (secondary N) is 2. The molecule has 2 N–H and O–H groups in total. The molecule has 0 unspecified atom stereocenters. The molecule has 0 aliphatic heterocycles. The topological polar surface area (TPSA) is 111 Å². The van der Waals surface area contributed by atoms with Gasteiger partial charge in [-0.25, -0.2) is 4.98 Å². The molecular weight excluding hydrogens is 526 g/mol. The van der Waals surface area contributed by atoms with Crippen molar-refractivity contribution in [3.63, 3.8) is 0 Å². The van der Waals surface area contributed by atoms with Gasteiger partial charge in [0.25, 0.3) is 0 Å². The molecule has 0 spiro atoms. The Balaban J connectivity index is 1.76. The third-order valence-electron chi connectivity index (χ3n) is 5.10. The molecule has 1 heterocycles. The van der Waals surface area contributed by atoms with E-state index in [0.717, 1.165) is 10.0 Å². The highest BCUT2D eigenvalue weighted by Gasteiger charge is 2.24. The smallest absolute Gasteiger partial charge is 0.337 e. The summed E-state index contributed by atoms with van der Waals surface area (Å²) in [6.45, 7) is 0. The molecule has 0 saturated carbocycles. The lowest BCUT2D eigenvalue weighted by Gasteiger charge is -2.12. The van der Waals surface area contributed by atoms with Gasteiger partial charge in [-0.15, -0.1) is 0 Å². The largest absolute Gasteiger partial charge is 0.497 e. The monoisotopic (exact) mass is 547 g/mol. The van der Waals surface area contributed by atoms with Crippen LogP contribution in [0, 0.1) is 10.1 Å². The van der Waals surface area contributed by atoms with Gasteiger partial charge in [0, 0.05) is 15.8 Å². The van der Waals surface area contributed by atoms with Crippen LogP contribution in [0.3, 0.4) is 0 Å². The number of hydrogen-bond donors (Lipinski definition) is 2. The van der Waals surface area contributed by atoms with Crippen molar-refractivity contribution in [1.29, 1.82) is 0 Å². The highest BCUT2D eigenvalue weighted by atomic mass is 79.9. The van der Waals surface area contributed by atoms with E-state index in [1.807, 2.05) is 24.3 Å². The Morgan fingerprint density at radius 1 is 0.806 bits per heavy atom. The maximum Gasteiger partial charge on any atom is 0.337 e. The van der Waals surface area contributed by atoms with Gasteiger partial charge < -0.3 is 20.1 Å². The van der Waals surface area contributed by atoms with Crippen molar-refractivity contribution in [3.05, 3.63) is 98.6 Å². The molecule has 182 valence electrons. The van der Waals surface area contributed by atoms with Crippen molar-refractivity contribution in [2.24, 2.45) is 0 Å². The molecule has 0 radical (unpaired) electrons. The van der Waals surface area contributed by atoms with Crippen LogP contribution in [0.25, 0.3) is 12.2 Å². The SMILES string of the molecule is COc1ccc(Nc2nc(C=Cc3ccc(Br)cc3)c([N+](=O)[O-])c(Nc3ccc(OC)cc3)n2)cc1. The summed E-state index contributed by atoms with van der Waals surface area (Å²) < 4.78 is 11.3. The van der Waals surface area contributed by atoms with Gasteiger partial charge in [-0.05, 0) is 72.3 Å². The van der Waals surface area contributed by atoms with Crippen LogP contribution in [0.2, 0.25) is 0 Å². The number of methoxy groups -OCH3 is 2. The summed E-state index contributed by atoms with van der Waals surface area (Å²) >= 11 is 3.41. The second-order valence-corrected chi connectivity index (χ2v) is 8.39. The maximum absolute atomic E-state index is 12.1. The predicted molar refractivity (Wildman–Crippen MR) is 144 cm³/mol. The Bertz CT molecular complexity index is 1380. The number of aromatic nitrogens is 2. The number of nitro groups is 1. The fourth-order valence-corrected chi connectivity index (χ4v) is 3.54. The van der Waals surface area contributed by atoms with E-state index in [0.29, 0.717) is 22.9 Å². The zero-order chi connectivity index (χ0) is 25.5. The van der Waals surface area contributed by atoms with E-state index in [-0.39, 0.29) is 23.1 Å². The molecule has 3 aromatic carbocycles. The summed E-state index contributed by atoms with van der Waals surface area (Å²) in [5.41, 5.74) is 2.06. The first-order valence-corrected chi connectivity index (χ1v) is 11.6. The molecular formula is C26H22BrN5O4. The van der Waals surface area contributed by atoms with Gasteiger partial charge in [-0.3, -0.25) is 10.1 Å². The van der Waals surface area contributed by atoms with Gasteiger partial charge in [-0.2, -0.15) is 4.98 Å². The highest BCUT2D eigenvalue weighted by molar-refractivity contribution is 9.10. The lowest BCUT2D eigenvalue weighted by atomic mass is 10.2. The molecule has 0 saturated heterocycles. The van der Waals surface area contributed by atoms with E-state index in [1.165, 1.54) is 0 Å². The lowest BCUT2D eigenvalue weighted by molar-refractivity contribution is -0.384. The molecule has 1 aromatic heterocycles. The van der Waals surface area contributed by atoms with Crippen molar-refractivity contribution < 1.29 is 14.4 Å². The number of hydrogen-bond acceptors (Lipinski definition) is 8. The minimum Gasteiger partial charge on any atom is -0.497 e. The molecule has 4 rings (SSSR count). The minimum atomic E-state index is -0.496. The first-order valence-electron chi connectivity index (χ1n) is 10.8. The molecule has 4 aromatic rings. The van der Waals surface area contributed by atoms with Gasteiger partial charge in [0.15, 0.2) is 0 Å². The standard InChI is InChI=1S/C26H22BrN5O4/c1-35-21-12-8-19(9-13-21)28-25-24(32(33)34)23(16-5-17-3-6-18(27)7-4-17)30-26(31-25)29-20-10-14-22(36-2)15-11-20/h3-16H,1-2H3,(H2,28,29,30,31). The molecule has 0 atom stereocenters. The minimum absolute atomic E-state index is 0.0478. The van der Waals surface area contributed by atoms with E-state index >= 15 is 0 Å². The predicted octanol–water partition coefficient (Wildman–Crippen LogP) is 6.82. The Morgan fingerprint density at radius 3 is 1.89 bits per heavy atom. The number of nitrogens with zero attached hydrogens (tertiary/aromatic N) is 3. The zero-order valence-corrected chi connectivity index (χ0v) is 21.0. The van der Waals surface area contributed by atoms with E-state index in [9.17, 15) is 10.1 Å². The Kier molecular flexibility index (Phi) is 7.76. The van der Waals surface area contributed by atoms with Gasteiger partial charge in [-0.1, -0.05) is 34.1 Å². The van der Waals surface area contributed by atoms with Crippen molar-refractivity contribution in [1.82, 2.24) is 9.97 Å². The summed E-state index contributed by atoms with van der Waals surface area (Å²) in [7, 11) is 3.15. The van der Waals surface area contributed by atoms with E-state index in [4.69, 9.17) is 9.47 Å². The van der Waals surface area contributed by atoms with Crippen LogP contribution in [0.4, 0.5) is 28.8 Å². The first-order chi connectivity index (χ1) is 17.4. The third kappa shape index (κ3) is 6.16. The van der Waals surface area contributed by atoms with Crippen LogP contribution in [0.15, 0.2) is 77.3 Å². The maximum atomic E-state index is 12.1. The van der Waals surface area contributed by atoms with Gasteiger partial charge >= 0.3 is 5.69 Å². The fourth-order valence-electron chi connectivity index (χ4n) is 3.28. The van der Waals surface area contributed by atoms with E-state index in [1.54, 1.807) is 74.9 Å². The van der Waals surface area contributed by atoms with Crippen LogP contribution in [-0.2, 0) is 0 Å². The Morgan fingerprint density at radius 2 is 1.36 bits per heavy atom. The second-order valence-electron chi connectivity index (χ2n) is 7.48. The summed E-state index contributed by atoms with van der Waals surface area (Å²) in [5.74, 6) is 1.60. The summed E-state index contributed by atoms with van der Waals surface area (Å²) in [4.78, 5) is 20.5. The molecule has 36 heavy (non-hydrogen) atoms. The first kappa shape index (κ1) is 24.7. The number of anilines is 4. The van der Waals surface area contributed by atoms with E-state index < -0.39 is 4.92 Å². The molecule has 9 nitrogen and oxygen atoms in total. The summed E-state index contributed by atoms with van der Waals surface area (Å²) in [6, 6.07) is 21.7. The van der Waals surface area contributed by atoms with Crippen LogP contribution in [-0.4, -0.2) is 29.1 Å². The number of ether oxygens (including phenoxy) is 2. The van der Waals surface area contributed by atoms with Crippen LogP contribution < -0.4 is 20.1 Å². The number of halogens is 1. The second kappa shape index (κ2) is 11.3. The third-order valence-corrected chi connectivity index (χ3v) is 5.62. The molecule has 0 bridgehead atoms. The zero-order valence-electron chi connectivity index (χ0n) is 19.4. The van der Waals surface area contributed by atoms with Crippen molar-refractivity contribution >= 4 is 56.9 Å². The van der Waals surface area contributed by atoms with Gasteiger partial charge in [0.2, 0.25) is 11.8 Å². The van der Waals surface area contributed by atoms with Crippen LogP contribution in [0.5, 0.6) is 11.5 Å². The normalized spacial score (nSPS) is 10.8. The quantitative estimate of drug-likeness (QED) is 0.173.